The molecule has 2 N–H and O–H groups in total. The van der Waals surface area contributed by atoms with Gasteiger partial charge in [-0.2, -0.15) is 0 Å². The first-order valence-corrected chi connectivity index (χ1v) is 13.0. The number of hydrogen-bond acceptors (Lipinski definition) is 7. The maximum absolute atomic E-state index is 13.5. The number of hydrogen-bond donors (Lipinski definition) is 2. The van der Waals surface area contributed by atoms with Crippen molar-refractivity contribution < 1.29 is 14.3 Å². The number of likely N-dealkylation sites (tertiary alicyclic amines) is 1. The summed E-state index contributed by atoms with van der Waals surface area (Å²) in [4.78, 5) is 40.3. The zero-order valence-electron chi connectivity index (χ0n) is 20.5. The zero-order chi connectivity index (χ0) is 25.5. The van der Waals surface area contributed by atoms with E-state index < -0.39 is 0 Å². The van der Waals surface area contributed by atoms with Crippen LogP contribution in [-0.4, -0.2) is 53.0 Å². The summed E-state index contributed by atoms with van der Waals surface area (Å²) >= 11 is 1.30. The van der Waals surface area contributed by atoms with Gasteiger partial charge >= 0.3 is 6.03 Å². The molecule has 1 unspecified atom stereocenters. The number of pyridine rings is 2. The molecule has 2 aliphatic heterocycles. The fourth-order valence-electron chi connectivity index (χ4n) is 5.00. The Kier molecular flexibility index (Phi) is 5.97. The molecule has 4 aromatic rings. The Bertz CT molecular complexity index is 1510. The average molecular weight is 515 g/mol. The SMILES string of the molecule is Cc1cc(Oc2cccnc2)ccc1N1C(=O)Nc2c(C(=O)NC3CCCN(C)C3)sc3nccc1c23. The minimum Gasteiger partial charge on any atom is -0.456 e. The lowest BCUT2D eigenvalue weighted by Gasteiger charge is -2.31. The molecule has 3 aromatic heterocycles. The van der Waals surface area contributed by atoms with E-state index in [0.717, 1.165) is 42.6 Å². The van der Waals surface area contributed by atoms with Gasteiger partial charge in [-0.3, -0.25) is 14.7 Å². The van der Waals surface area contributed by atoms with Gasteiger partial charge in [-0.25, -0.2) is 9.78 Å². The number of carbonyl (C=O) groups excluding carboxylic acids is 2. The zero-order valence-corrected chi connectivity index (χ0v) is 21.3. The maximum Gasteiger partial charge on any atom is 0.331 e. The van der Waals surface area contributed by atoms with Crippen LogP contribution >= 0.6 is 11.3 Å². The van der Waals surface area contributed by atoms with E-state index >= 15 is 0 Å². The van der Waals surface area contributed by atoms with Gasteiger partial charge in [-0.05, 0) is 75.3 Å². The van der Waals surface area contributed by atoms with Crippen LogP contribution in [0.5, 0.6) is 11.5 Å². The molecule has 1 saturated heterocycles. The van der Waals surface area contributed by atoms with Gasteiger partial charge in [0.2, 0.25) is 0 Å². The van der Waals surface area contributed by atoms with Crippen LogP contribution < -0.4 is 20.3 Å². The molecular formula is C27H26N6O3S. The van der Waals surface area contributed by atoms with E-state index in [9.17, 15) is 9.59 Å². The monoisotopic (exact) mass is 514 g/mol. The molecule has 5 heterocycles. The first-order chi connectivity index (χ1) is 18.0. The summed E-state index contributed by atoms with van der Waals surface area (Å²) in [5.74, 6) is 1.11. The third-order valence-corrected chi connectivity index (χ3v) is 7.79. The van der Waals surface area contributed by atoms with Crippen molar-refractivity contribution in [1.82, 2.24) is 20.2 Å². The van der Waals surface area contributed by atoms with Gasteiger partial charge in [0.1, 0.15) is 21.2 Å². The molecule has 0 aliphatic carbocycles. The third kappa shape index (κ3) is 4.38. The quantitative estimate of drug-likeness (QED) is 0.375. The van der Waals surface area contributed by atoms with Crippen molar-refractivity contribution in [3.63, 3.8) is 0 Å². The van der Waals surface area contributed by atoms with Gasteiger partial charge in [-0.15, -0.1) is 11.3 Å². The molecule has 0 bridgehead atoms. The number of nitrogens with zero attached hydrogens (tertiary/aromatic N) is 4. The van der Waals surface area contributed by atoms with E-state index in [1.165, 1.54) is 11.3 Å². The molecular weight excluding hydrogens is 488 g/mol. The van der Waals surface area contributed by atoms with E-state index in [0.29, 0.717) is 32.6 Å². The van der Waals surface area contributed by atoms with Crippen molar-refractivity contribution >= 4 is 50.6 Å². The van der Waals surface area contributed by atoms with Crippen molar-refractivity contribution in [2.45, 2.75) is 25.8 Å². The minimum atomic E-state index is -0.325. The lowest BCUT2D eigenvalue weighted by atomic mass is 10.1. The number of thiophene rings is 1. The topological polar surface area (TPSA) is 99.7 Å². The molecule has 10 heteroatoms. The van der Waals surface area contributed by atoms with Crippen LogP contribution in [0.2, 0.25) is 0 Å². The number of benzene rings is 1. The Labute approximate surface area is 218 Å². The highest BCUT2D eigenvalue weighted by atomic mass is 32.1. The van der Waals surface area contributed by atoms with E-state index in [1.54, 1.807) is 23.5 Å². The highest BCUT2D eigenvalue weighted by Crippen LogP contribution is 2.46. The number of nitrogens with one attached hydrogen (secondary N) is 2. The molecule has 9 nitrogen and oxygen atoms in total. The van der Waals surface area contributed by atoms with Crippen LogP contribution in [0.3, 0.4) is 0 Å². The lowest BCUT2D eigenvalue weighted by molar-refractivity contribution is 0.0917. The van der Waals surface area contributed by atoms with Crippen LogP contribution in [0.25, 0.3) is 10.2 Å². The van der Waals surface area contributed by atoms with Crippen molar-refractivity contribution in [2.75, 3.05) is 30.4 Å². The smallest absolute Gasteiger partial charge is 0.331 e. The number of ether oxygens (including phenoxy) is 1. The number of carbonyl (C=O) groups is 2. The summed E-state index contributed by atoms with van der Waals surface area (Å²) in [6, 6.07) is 10.8. The molecule has 1 aromatic carbocycles. The Morgan fingerprint density at radius 1 is 1.19 bits per heavy atom. The van der Waals surface area contributed by atoms with E-state index in [4.69, 9.17) is 4.74 Å². The number of piperidine rings is 1. The number of likely N-dealkylation sites (N-methyl/N-ethyl adjacent to an activating group) is 1. The largest absolute Gasteiger partial charge is 0.456 e. The van der Waals surface area contributed by atoms with Crippen molar-refractivity contribution in [2.24, 2.45) is 0 Å². The summed E-state index contributed by atoms with van der Waals surface area (Å²) in [6.45, 7) is 3.78. The first kappa shape index (κ1) is 23.4. The number of urea groups is 1. The molecule has 2 aliphatic rings. The van der Waals surface area contributed by atoms with E-state index in [-0.39, 0.29) is 18.0 Å². The molecule has 0 spiro atoms. The molecule has 37 heavy (non-hydrogen) atoms. The summed E-state index contributed by atoms with van der Waals surface area (Å²) < 4.78 is 5.90. The third-order valence-electron chi connectivity index (χ3n) is 6.69. The molecule has 0 radical (unpaired) electrons. The molecule has 1 fully saturated rings. The normalized spacial score (nSPS) is 17.5. The molecule has 188 valence electrons. The minimum absolute atomic E-state index is 0.0851. The van der Waals surface area contributed by atoms with Crippen LogP contribution in [-0.2, 0) is 0 Å². The summed E-state index contributed by atoms with van der Waals surface area (Å²) in [6.07, 6.45) is 7.00. The molecule has 1 atom stereocenters. The van der Waals surface area contributed by atoms with E-state index in [1.807, 2.05) is 43.3 Å². The highest BCUT2D eigenvalue weighted by Gasteiger charge is 2.34. The van der Waals surface area contributed by atoms with Gasteiger partial charge in [-0.1, -0.05) is 0 Å². The van der Waals surface area contributed by atoms with Gasteiger partial charge in [0.25, 0.3) is 5.91 Å². The highest BCUT2D eigenvalue weighted by molar-refractivity contribution is 7.21. The van der Waals surface area contributed by atoms with Crippen molar-refractivity contribution in [3.05, 3.63) is 65.4 Å². The van der Waals surface area contributed by atoms with Gasteiger partial charge in [0, 0.05) is 25.0 Å². The molecule has 6 rings (SSSR count). The summed E-state index contributed by atoms with van der Waals surface area (Å²) in [7, 11) is 2.06. The first-order valence-electron chi connectivity index (χ1n) is 12.2. The number of aryl methyl sites for hydroxylation is 1. The Hall–Kier alpha value is -4.02. The van der Waals surface area contributed by atoms with E-state index in [2.05, 4.69) is 32.5 Å². The van der Waals surface area contributed by atoms with Gasteiger partial charge in [0.15, 0.2) is 0 Å². The summed E-state index contributed by atoms with van der Waals surface area (Å²) in [5, 5.41) is 6.90. The number of aromatic nitrogens is 2. The number of anilines is 3. The summed E-state index contributed by atoms with van der Waals surface area (Å²) in [5.41, 5.74) is 2.80. The molecule has 0 saturated carbocycles. The molecule has 3 amide bonds. The van der Waals surface area contributed by atoms with Crippen LogP contribution in [0, 0.1) is 6.92 Å². The van der Waals surface area contributed by atoms with Crippen molar-refractivity contribution in [3.8, 4) is 11.5 Å². The standard InChI is InChI=1S/C27H26N6O3S/c1-16-13-18(36-19-6-3-10-28-14-19)7-8-20(16)33-21-9-11-29-26-22(21)23(31-27(33)35)24(37-26)25(34)30-17-5-4-12-32(2)15-17/h3,6-11,13-14,17H,4-5,12,15H2,1-2H3,(H,30,34)(H,31,35). The number of amides is 3. The van der Waals surface area contributed by atoms with Gasteiger partial charge < -0.3 is 20.3 Å². The van der Waals surface area contributed by atoms with Crippen LogP contribution in [0.4, 0.5) is 21.9 Å². The predicted molar refractivity (Wildman–Crippen MR) is 144 cm³/mol. The Morgan fingerprint density at radius 3 is 2.86 bits per heavy atom. The van der Waals surface area contributed by atoms with Crippen LogP contribution in [0.15, 0.2) is 55.0 Å². The average Bonchev–Trinajstić information content (AvgIpc) is 3.25. The fourth-order valence-corrected chi connectivity index (χ4v) is 6.03. The Morgan fingerprint density at radius 2 is 2.08 bits per heavy atom. The number of rotatable bonds is 5. The second kappa shape index (κ2) is 9.45. The maximum atomic E-state index is 13.5. The van der Waals surface area contributed by atoms with Gasteiger partial charge in [0.05, 0.1) is 28.6 Å². The second-order valence-corrected chi connectivity index (χ2v) is 10.4. The Balaban J connectivity index is 1.33. The lowest BCUT2D eigenvalue weighted by Crippen LogP contribution is -2.46. The fraction of sp³-hybridized carbons (Fsp3) is 0.259. The van der Waals surface area contributed by atoms with Crippen LogP contribution in [0.1, 0.15) is 28.1 Å². The second-order valence-electron chi connectivity index (χ2n) is 9.40. The predicted octanol–water partition coefficient (Wildman–Crippen LogP) is 5.30. The van der Waals surface area contributed by atoms with Crippen molar-refractivity contribution in [1.29, 1.82) is 0 Å².